The average Bonchev–Trinajstić information content (AvgIpc) is 3.03. The second kappa shape index (κ2) is 8.19. The normalized spacial score (nSPS) is 10.2. The first-order chi connectivity index (χ1) is 10.7. The Kier molecular flexibility index (Phi) is 5.97. The van der Waals surface area contributed by atoms with Gasteiger partial charge in [0.1, 0.15) is 0 Å². The number of nitrogens with one attached hydrogen (secondary N) is 2. The van der Waals surface area contributed by atoms with Crippen LogP contribution < -0.4 is 10.6 Å². The van der Waals surface area contributed by atoms with E-state index in [1.54, 1.807) is 36.8 Å². The van der Waals surface area contributed by atoms with Crippen molar-refractivity contribution in [2.45, 2.75) is 13.0 Å². The van der Waals surface area contributed by atoms with E-state index in [-0.39, 0.29) is 18.4 Å². The van der Waals surface area contributed by atoms with E-state index in [4.69, 9.17) is 11.6 Å². The molecule has 1 aromatic heterocycles. The summed E-state index contributed by atoms with van der Waals surface area (Å²) in [5.41, 5.74) is 0.358. The first-order valence-corrected chi connectivity index (χ1v) is 7.30. The summed E-state index contributed by atoms with van der Waals surface area (Å²) in [5.74, 6) is -0.592. The summed E-state index contributed by atoms with van der Waals surface area (Å²) in [6.45, 7) is 1.25. The summed E-state index contributed by atoms with van der Waals surface area (Å²) >= 11 is 5.92. The number of halogens is 1. The lowest BCUT2D eigenvalue weighted by molar-refractivity contribution is -0.120. The van der Waals surface area contributed by atoms with Crippen molar-refractivity contribution in [3.63, 3.8) is 0 Å². The molecule has 0 fully saturated rings. The zero-order valence-electron chi connectivity index (χ0n) is 12.0. The van der Waals surface area contributed by atoms with E-state index in [2.05, 4.69) is 15.6 Å². The van der Waals surface area contributed by atoms with Crippen molar-refractivity contribution < 1.29 is 9.59 Å². The van der Waals surface area contributed by atoms with Gasteiger partial charge in [0.15, 0.2) is 0 Å². The summed E-state index contributed by atoms with van der Waals surface area (Å²) in [6, 6.07) is 6.70. The van der Waals surface area contributed by atoms with Gasteiger partial charge in [0.25, 0.3) is 5.91 Å². The fraction of sp³-hybridized carbons (Fsp3) is 0.267. The van der Waals surface area contributed by atoms with Crippen LogP contribution in [0.1, 0.15) is 16.8 Å². The number of hydrogen-bond acceptors (Lipinski definition) is 3. The van der Waals surface area contributed by atoms with Crippen LogP contribution in [-0.4, -0.2) is 34.5 Å². The second-order valence-electron chi connectivity index (χ2n) is 4.67. The summed E-state index contributed by atoms with van der Waals surface area (Å²) in [6.07, 6.45) is 6.10. The van der Waals surface area contributed by atoms with Crippen molar-refractivity contribution in [2.75, 3.05) is 13.1 Å². The minimum atomic E-state index is -0.362. The molecule has 0 unspecified atom stereocenters. The molecule has 2 amide bonds. The van der Waals surface area contributed by atoms with Crippen LogP contribution in [0.2, 0.25) is 5.02 Å². The predicted molar refractivity (Wildman–Crippen MR) is 83.6 cm³/mol. The van der Waals surface area contributed by atoms with Crippen LogP contribution in [0.25, 0.3) is 0 Å². The average molecular weight is 321 g/mol. The Morgan fingerprint density at radius 3 is 2.77 bits per heavy atom. The molecule has 7 heteroatoms. The maximum Gasteiger partial charge on any atom is 0.253 e. The van der Waals surface area contributed by atoms with Crippen molar-refractivity contribution in [3.05, 3.63) is 53.6 Å². The topological polar surface area (TPSA) is 76.0 Å². The molecule has 0 aliphatic carbocycles. The van der Waals surface area contributed by atoms with Gasteiger partial charge in [-0.3, -0.25) is 9.59 Å². The monoisotopic (exact) mass is 320 g/mol. The quantitative estimate of drug-likeness (QED) is 0.759. The van der Waals surface area contributed by atoms with Crippen molar-refractivity contribution in [1.29, 1.82) is 0 Å². The molecule has 0 saturated heterocycles. The molecule has 2 aromatic rings. The lowest BCUT2D eigenvalue weighted by atomic mass is 10.2. The maximum absolute atomic E-state index is 11.9. The third-order valence-corrected chi connectivity index (χ3v) is 3.33. The predicted octanol–water partition coefficient (Wildman–Crippen LogP) is 1.47. The minimum absolute atomic E-state index is 0.0743. The Hall–Kier alpha value is -2.34. The largest absolute Gasteiger partial charge is 0.355 e. The summed E-state index contributed by atoms with van der Waals surface area (Å²) < 4.78 is 1.94. The van der Waals surface area contributed by atoms with Crippen LogP contribution in [0.3, 0.4) is 0 Å². The molecule has 0 atom stereocenters. The number of aryl methyl sites for hydroxylation is 1. The number of aromatic nitrogens is 2. The van der Waals surface area contributed by atoms with Gasteiger partial charge in [-0.25, -0.2) is 4.98 Å². The molecule has 2 rings (SSSR count). The van der Waals surface area contributed by atoms with E-state index in [1.165, 1.54) is 0 Å². The van der Waals surface area contributed by atoms with Crippen molar-refractivity contribution >= 4 is 23.4 Å². The third kappa shape index (κ3) is 4.89. The van der Waals surface area contributed by atoms with Gasteiger partial charge in [-0.2, -0.15) is 0 Å². The van der Waals surface area contributed by atoms with Crippen LogP contribution in [0.4, 0.5) is 0 Å². The van der Waals surface area contributed by atoms with E-state index in [9.17, 15) is 9.59 Å². The Bertz CT molecular complexity index is 628. The van der Waals surface area contributed by atoms with Gasteiger partial charge in [-0.05, 0) is 18.6 Å². The van der Waals surface area contributed by atoms with Gasteiger partial charge in [-0.1, -0.05) is 23.7 Å². The molecule has 0 spiro atoms. The molecule has 116 valence electrons. The number of amides is 2. The first-order valence-electron chi connectivity index (χ1n) is 6.92. The highest BCUT2D eigenvalue weighted by Gasteiger charge is 2.10. The van der Waals surface area contributed by atoms with Crippen LogP contribution >= 0.6 is 11.6 Å². The standard InChI is InChI=1S/C15H17ClN4O2/c16-13-5-2-1-4-12(13)15(22)19-10-14(21)18-6-3-8-20-9-7-17-11-20/h1-2,4-5,7,9,11H,3,6,8,10H2,(H,18,21)(H,19,22). The number of nitrogens with zero attached hydrogens (tertiary/aromatic N) is 2. The zero-order valence-corrected chi connectivity index (χ0v) is 12.7. The lowest BCUT2D eigenvalue weighted by Crippen LogP contribution is -2.37. The minimum Gasteiger partial charge on any atom is -0.355 e. The summed E-state index contributed by atoms with van der Waals surface area (Å²) in [5, 5.41) is 5.65. The molecule has 0 radical (unpaired) electrons. The van der Waals surface area contributed by atoms with Crippen molar-refractivity contribution in [2.24, 2.45) is 0 Å². The highest BCUT2D eigenvalue weighted by atomic mass is 35.5. The van der Waals surface area contributed by atoms with E-state index < -0.39 is 0 Å². The van der Waals surface area contributed by atoms with Crippen LogP contribution in [0.5, 0.6) is 0 Å². The molecular formula is C15H17ClN4O2. The Morgan fingerprint density at radius 1 is 1.23 bits per heavy atom. The molecule has 1 aromatic carbocycles. The van der Waals surface area contributed by atoms with Gasteiger partial charge in [0.05, 0.1) is 23.5 Å². The van der Waals surface area contributed by atoms with E-state index in [0.29, 0.717) is 17.1 Å². The molecule has 0 aliphatic rings. The number of rotatable bonds is 7. The summed E-state index contributed by atoms with van der Waals surface area (Å²) in [7, 11) is 0. The molecular weight excluding hydrogens is 304 g/mol. The number of carbonyl (C=O) groups is 2. The van der Waals surface area contributed by atoms with Gasteiger partial charge in [-0.15, -0.1) is 0 Å². The van der Waals surface area contributed by atoms with E-state index in [1.807, 2.05) is 10.8 Å². The first kappa shape index (κ1) is 16.0. The highest BCUT2D eigenvalue weighted by molar-refractivity contribution is 6.33. The molecule has 2 N–H and O–H groups in total. The molecule has 6 nitrogen and oxygen atoms in total. The van der Waals surface area contributed by atoms with Gasteiger partial charge in [0, 0.05) is 25.5 Å². The highest BCUT2D eigenvalue weighted by Crippen LogP contribution is 2.14. The van der Waals surface area contributed by atoms with Gasteiger partial charge in [0.2, 0.25) is 5.91 Å². The Labute approximate surface area is 133 Å². The van der Waals surface area contributed by atoms with E-state index >= 15 is 0 Å². The van der Waals surface area contributed by atoms with Gasteiger partial charge < -0.3 is 15.2 Å². The summed E-state index contributed by atoms with van der Waals surface area (Å²) in [4.78, 5) is 27.5. The zero-order chi connectivity index (χ0) is 15.8. The van der Waals surface area contributed by atoms with Crippen LogP contribution in [-0.2, 0) is 11.3 Å². The smallest absolute Gasteiger partial charge is 0.253 e. The van der Waals surface area contributed by atoms with Crippen molar-refractivity contribution in [1.82, 2.24) is 20.2 Å². The van der Waals surface area contributed by atoms with Gasteiger partial charge >= 0.3 is 0 Å². The van der Waals surface area contributed by atoms with Crippen molar-refractivity contribution in [3.8, 4) is 0 Å². The fourth-order valence-corrected chi connectivity index (χ4v) is 2.09. The molecule has 0 saturated carbocycles. The SMILES string of the molecule is O=C(CNC(=O)c1ccccc1Cl)NCCCn1ccnc1. The third-order valence-electron chi connectivity index (χ3n) is 3.00. The Balaban J connectivity index is 1.65. The number of benzene rings is 1. The molecule has 1 heterocycles. The van der Waals surface area contributed by atoms with Crippen LogP contribution in [0.15, 0.2) is 43.0 Å². The van der Waals surface area contributed by atoms with Crippen LogP contribution in [0, 0.1) is 0 Å². The number of carbonyl (C=O) groups excluding carboxylic acids is 2. The second-order valence-corrected chi connectivity index (χ2v) is 5.07. The molecule has 22 heavy (non-hydrogen) atoms. The molecule has 0 bridgehead atoms. The Morgan fingerprint density at radius 2 is 2.05 bits per heavy atom. The maximum atomic E-state index is 11.9. The number of imidazole rings is 1. The fourth-order valence-electron chi connectivity index (χ4n) is 1.87. The molecule has 0 aliphatic heterocycles. The lowest BCUT2D eigenvalue weighted by Gasteiger charge is -2.08. The van der Waals surface area contributed by atoms with E-state index in [0.717, 1.165) is 13.0 Å². The number of hydrogen-bond donors (Lipinski definition) is 2.